The maximum Gasteiger partial charge on any atom is 0.160 e. The number of allylic oxidation sites excluding steroid dienone is 1. The third kappa shape index (κ3) is 7.09. The summed E-state index contributed by atoms with van der Waals surface area (Å²) in [6.07, 6.45) is -0.236. The molecule has 0 radical (unpaired) electrons. The van der Waals surface area contributed by atoms with Crippen LogP contribution in [0.2, 0.25) is 0 Å². The first kappa shape index (κ1) is 37.8. The fraction of sp³-hybridized carbons (Fsp3) is 0.0517. The topological polar surface area (TPSA) is 63.3 Å². The molecule has 8 aromatic carbocycles. The Morgan fingerprint density at radius 3 is 1.67 bits per heavy atom. The van der Waals surface area contributed by atoms with Gasteiger partial charge in [0.25, 0.3) is 0 Å². The molecule has 11 rings (SSSR count). The van der Waals surface area contributed by atoms with Crippen molar-refractivity contribution in [1.82, 2.24) is 15.3 Å². The number of rotatable bonds is 8. The number of hydrogen-bond donors (Lipinski definition) is 1. The maximum atomic E-state index is 6.66. The Kier molecular flexibility index (Phi) is 9.63. The first-order valence-corrected chi connectivity index (χ1v) is 21.4. The third-order valence-corrected chi connectivity index (χ3v) is 12.1. The van der Waals surface area contributed by atoms with Gasteiger partial charge in [0.2, 0.25) is 0 Å². The van der Waals surface area contributed by atoms with Crippen LogP contribution in [-0.4, -0.2) is 15.7 Å². The van der Waals surface area contributed by atoms with Crippen LogP contribution in [0.3, 0.4) is 0 Å². The van der Waals surface area contributed by atoms with Crippen molar-refractivity contribution in [3.8, 4) is 56.2 Å². The number of aromatic nitrogens is 2. The first-order chi connectivity index (χ1) is 31.1. The van der Waals surface area contributed by atoms with E-state index in [4.69, 9.17) is 19.4 Å². The molecule has 5 nitrogen and oxygen atoms in total. The van der Waals surface area contributed by atoms with E-state index in [9.17, 15) is 0 Å². The maximum absolute atomic E-state index is 6.66. The van der Waals surface area contributed by atoms with Crippen LogP contribution in [-0.2, 0) is 0 Å². The molecule has 1 N–H and O–H groups in total. The summed E-state index contributed by atoms with van der Waals surface area (Å²) >= 11 is 0. The smallest absolute Gasteiger partial charge is 0.160 e. The lowest BCUT2D eigenvalue weighted by atomic mass is 9.91. The molecule has 1 aliphatic heterocycles. The van der Waals surface area contributed by atoms with E-state index in [0.717, 1.165) is 112 Å². The lowest BCUT2D eigenvalue weighted by Crippen LogP contribution is -2.27. The fourth-order valence-corrected chi connectivity index (χ4v) is 8.93. The molecular weight excluding hydrogens is 769 g/mol. The van der Waals surface area contributed by atoms with Gasteiger partial charge in [-0.3, -0.25) is 4.99 Å². The SMILES string of the molecule is CC1=C(c2ccccc2)NC(c2ccccc2)N=C1c1cccc(-c2cc(-c3cccc(-c4nc(-c5ccccc5)c(C)c(-c5ccccc5)n4)c3)c3c(c2)oc2ccccc23)c1. The van der Waals surface area contributed by atoms with Crippen molar-refractivity contribution >= 4 is 33.3 Å². The van der Waals surface area contributed by atoms with Gasteiger partial charge in [0, 0.05) is 44.3 Å². The monoisotopic (exact) mass is 810 g/mol. The molecule has 63 heavy (non-hydrogen) atoms. The quantitative estimate of drug-likeness (QED) is 0.166. The van der Waals surface area contributed by atoms with E-state index >= 15 is 0 Å². The van der Waals surface area contributed by atoms with Crippen LogP contribution >= 0.6 is 0 Å². The van der Waals surface area contributed by atoms with Crippen LogP contribution in [0.4, 0.5) is 0 Å². The standard InChI is InChI=1S/C58H42N4O/c1-37-53(39-19-7-3-8-20-39)60-58(61-54(37)40-21-9-4-10-22-40)46-30-18-28-44(34-46)49-35-47(36-51-52(49)48-31-15-16-32-50(48)63-51)43-27-17-29-45(33-43)56-38(2)55(41-23-11-5-12-24-41)59-57(62-56)42-25-13-6-14-26-42/h3-36,57,59H,1-2H3. The Labute approximate surface area is 366 Å². The summed E-state index contributed by atoms with van der Waals surface area (Å²) in [7, 11) is 0. The summed E-state index contributed by atoms with van der Waals surface area (Å²) in [6, 6.07) is 71.9. The summed E-state index contributed by atoms with van der Waals surface area (Å²) in [5.74, 6) is 0.673. The van der Waals surface area contributed by atoms with Crippen molar-refractivity contribution in [3.63, 3.8) is 0 Å². The van der Waals surface area contributed by atoms with Gasteiger partial charge in [-0.05, 0) is 83.1 Å². The predicted molar refractivity (Wildman–Crippen MR) is 259 cm³/mol. The van der Waals surface area contributed by atoms with E-state index in [-0.39, 0.29) is 6.17 Å². The highest BCUT2D eigenvalue weighted by Crippen LogP contribution is 2.42. The highest BCUT2D eigenvalue weighted by molar-refractivity contribution is 6.18. The van der Waals surface area contributed by atoms with Crippen molar-refractivity contribution in [2.45, 2.75) is 20.0 Å². The number of nitrogens with one attached hydrogen (secondary N) is 1. The predicted octanol–water partition coefficient (Wildman–Crippen LogP) is 14.5. The molecule has 5 heteroatoms. The highest BCUT2D eigenvalue weighted by Gasteiger charge is 2.25. The number of aliphatic imine (C=N–C) groups is 1. The Hall–Kier alpha value is -8.15. The van der Waals surface area contributed by atoms with E-state index in [1.807, 2.05) is 30.3 Å². The molecular formula is C58H42N4O. The molecule has 1 aliphatic rings. The zero-order valence-corrected chi connectivity index (χ0v) is 35.0. The molecule has 0 amide bonds. The van der Waals surface area contributed by atoms with Gasteiger partial charge in [0.15, 0.2) is 5.82 Å². The molecule has 3 heterocycles. The Morgan fingerprint density at radius 2 is 0.984 bits per heavy atom. The van der Waals surface area contributed by atoms with Crippen LogP contribution in [0.25, 0.3) is 83.8 Å². The van der Waals surface area contributed by atoms with Crippen molar-refractivity contribution in [3.05, 3.63) is 234 Å². The minimum atomic E-state index is -0.236. The second-order valence-corrected chi connectivity index (χ2v) is 16.1. The molecule has 1 atom stereocenters. The lowest BCUT2D eigenvalue weighted by Gasteiger charge is -2.28. The second kappa shape index (κ2) is 16.0. The van der Waals surface area contributed by atoms with Crippen molar-refractivity contribution in [2.75, 3.05) is 0 Å². The molecule has 0 spiro atoms. The molecule has 300 valence electrons. The van der Waals surface area contributed by atoms with E-state index in [1.165, 1.54) is 0 Å². The van der Waals surface area contributed by atoms with E-state index in [2.05, 4.69) is 195 Å². The van der Waals surface area contributed by atoms with Crippen LogP contribution in [0, 0.1) is 6.92 Å². The summed E-state index contributed by atoms with van der Waals surface area (Å²) in [6.45, 7) is 4.28. The molecule has 10 aromatic rings. The van der Waals surface area contributed by atoms with Crippen molar-refractivity contribution < 1.29 is 4.42 Å². The van der Waals surface area contributed by atoms with Gasteiger partial charge < -0.3 is 9.73 Å². The largest absolute Gasteiger partial charge is 0.456 e. The Bertz CT molecular complexity index is 3310. The van der Waals surface area contributed by atoms with Gasteiger partial charge in [-0.2, -0.15) is 0 Å². The highest BCUT2D eigenvalue weighted by atomic mass is 16.3. The van der Waals surface area contributed by atoms with E-state index < -0.39 is 0 Å². The molecule has 0 saturated heterocycles. The third-order valence-electron chi connectivity index (χ3n) is 12.1. The zero-order valence-electron chi connectivity index (χ0n) is 35.0. The van der Waals surface area contributed by atoms with Gasteiger partial charge in [0.05, 0.1) is 17.1 Å². The van der Waals surface area contributed by atoms with Crippen LogP contribution < -0.4 is 5.32 Å². The average Bonchev–Trinajstić information content (AvgIpc) is 3.74. The summed E-state index contributed by atoms with van der Waals surface area (Å²) in [4.78, 5) is 15.9. The van der Waals surface area contributed by atoms with Crippen LogP contribution in [0.1, 0.15) is 35.3 Å². The van der Waals surface area contributed by atoms with Crippen LogP contribution in [0.5, 0.6) is 0 Å². The van der Waals surface area contributed by atoms with Gasteiger partial charge in [0.1, 0.15) is 17.3 Å². The Balaban J connectivity index is 1.06. The number of hydrogen-bond acceptors (Lipinski definition) is 5. The minimum absolute atomic E-state index is 0.236. The van der Waals surface area contributed by atoms with E-state index in [1.54, 1.807) is 0 Å². The lowest BCUT2D eigenvalue weighted by molar-refractivity contribution is 0.660. The molecule has 2 aromatic heterocycles. The average molecular weight is 811 g/mol. The summed E-state index contributed by atoms with van der Waals surface area (Å²) in [5, 5.41) is 5.90. The zero-order chi connectivity index (χ0) is 42.3. The van der Waals surface area contributed by atoms with Crippen molar-refractivity contribution in [1.29, 1.82) is 0 Å². The molecule has 1 unspecified atom stereocenters. The molecule has 0 saturated carbocycles. The summed E-state index contributed by atoms with van der Waals surface area (Å²) < 4.78 is 6.66. The number of furan rings is 1. The first-order valence-electron chi connectivity index (χ1n) is 21.4. The van der Waals surface area contributed by atoms with Crippen molar-refractivity contribution in [2.24, 2.45) is 4.99 Å². The molecule has 0 fully saturated rings. The van der Waals surface area contributed by atoms with Gasteiger partial charge in [-0.1, -0.05) is 176 Å². The number of benzene rings is 8. The van der Waals surface area contributed by atoms with Gasteiger partial charge in [-0.25, -0.2) is 9.97 Å². The van der Waals surface area contributed by atoms with Gasteiger partial charge >= 0.3 is 0 Å². The number of fused-ring (bicyclic) bond motifs is 3. The minimum Gasteiger partial charge on any atom is -0.456 e. The molecule has 0 aliphatic carbocycles. The normalized spacial score (nSPS) is 13.9. The second-order valence-electron chi connectivity index (χ2n) is 16.1. The fourth-order valence-electron chi connectivity index (χ4n) is 8.93. The van der Waals surface area contributed by atoms with Crippen LogP contribution in [0.15, 0.2) is 221 Å². The van der Waals surface area contributed by atoms with Gasteiger partial charge in [-0.15, -0.1) is 0 Å². The number of nitrogens with zero attached hydrogens (tertiary/aromatic N) is 3. The Morgan fingerprint density at radius 1 is 0.444 bits per heavy atom. The van der Waals surface area contributed by atoms with E-state index in [0.29, 0.717) is 5.82 Å². The number of para-hydroxylation sites is 1. The summed E-state index contributed by atoms with van der Waals surface area (Å²) in [5.41, 5.74) is 18.3. The molecule has 0 bridgehead atoms.